The highest BCUT2D eigenvalue weighted by molar-refractivity contribution is 7.98. The van der Waals surface area contributed by atoms with Crippen LogP contribution in [0, 0.1) is 5.92 Å². The summed E-state index contributed by atoms with van der Waals surface area (Å²) in [6.45, 7) is 2.60. The van der Waals surface area contributed by atoms with Gasteiger partial charge in [-0.1, -0.05) is 6.92 Å². The monoisotopic (exact) mass is 217 g/mol. The molecular formula is C11H23NOS. The standard InChI is InChI=1S/C11H23NOS/c1-9-3-4-10(7-9)12-11(8-13)5-6-14-2/h9-13H,3-8H2,1-2H3. The second-order valence-corrected chi connectivity index (χ2v) is 5.43. The first-order valence-electron chi connectivity index (χ1n) is 5.62. The highest BCUT2D eigenvalue weighted by atomic mass is 32.2. The van der Waals surface area contributed by atoms with Crippen LogP contribution < -0.4 is 5.32 Å². The van der Waals surface area contributed by atoms with Crippen molar-refractivity contribution in [1.82, 2.24) is 5.32 Å². The van der Waals surface area contributed by atoms with Gasteiger partial charge in [0.05, 0.1) is 6.61 Å². The molecule has 14 heavy (non-hydrogen) atoms. The number of aliphatic hydroxyl groups is 1. The lowest BCUT2D eigenvalue weighted by atomic mass is 10.1. The molecule has 0 bridgehead atoms. The lowest BCUT2D eigenvalue weighted by Crippen LogP contribution is -2.39. The molecule has 2 N–H and O–H groups in total. The third-order valence-corrected chi connectivity index (χ3v) is 3.70. The van der Waals surface area contributed by atoms with Gasteiger partial charge in [0.1, 0.15) is 0 Å². The van der Waals surface area contributed by atoms with Gasteiger partial charge < -0.3 is 10.4 Å². The second-order valence-electron chi connectivity index (χ2n) is 4.44. The van der Waals surface area contributed by atoms with Crippen molar-refractivity contribution < 1.29 is 5.11 Å². The molecule has 1 rings (SSSR count). The van der Waals surface area contributed by atoms with Gasteiger partial charge in [-0.25, -0.2) is 0 Å². The van der Waals surface area contributed by atoms with E-state index in [4.69, 9.17) is 0 Å². The number of hydrogen-bond acceptors (Lipinski definition) is 3. The molecule has 1 aliphatic carbocycles. The minimum absolute atomic E-state index is 0.283. The van der Waals surface area contributed by atoms with Gasteiger partial charge in [-0.2, -0.15) is 11.8 Å². The molecule has 0 heterocycles. The number of aliphatic hydroxyl groups excluding tert-OH is 1. The Bertz CT molecular complexity index is 154. The lowest BCUT2D eigenvalue weighted by molar-refractivity contribution is 0.227. The van der Waals surface area contributed by atoms with Crippen molar-refractivity contribution >= 4 is 11.8 Å². The SMILES string of the molecule is CSCCC(CO)NC1CCC(C)C1. The maximum atomic E-state index is 9.21. The Morgan fingerprint density at radius 2 is 2.29 bits per heavy atom. The fraction of sp³-hybridized carbons (Fsp3) is 1.00. The van der Waals surface area contributed by atoms with Crippen molar-refractivity contribution in [1.29, 1.82) is 0 Å². The number of hydrogen-bond donors (Lipinski definition) is 2. The molecule has 0 aliphatic heterocycles. The van der Waals surface area contributed by atoms with Gasteiger partial charge in [0.15, 0.2) is 0 Å². The summed E-state index contributed by atoms with van der Waals surface area (Å²) in [6, 6.07) is 0.974. The first-order valence-corrected chi connectivity index (χ1v) is 7.01. The summed E-state index contributed by atoms with van der Waals surface area (Å²) in [5.74, 6) is 2.01. The quantitative estimate of drug-likeness (QED) is 0.712. The molecule has 0 radical (unpaired) electrons. The van der Waals surface area contributed by atoms with Gasteiger partial charge in [-0.05, 0) is 43.6 Å². The fourth-order valence-electron chi connectivity index (χ4n) is 2.18. The Balaban J connectivity index is 2.19. The van der Waals surface area contributed by atoms with Gasteiger partial charge in [0.25, 0.3) is 0 Å². The minimum Gasteiger partial charge on any atom is -0.395 e. The molecule has 0 aromatic carbocycles. The first-order chi connectivity index (χ1) is 6.76. The Morgan fingerprint density at radius 1 is 1.50 bits per heavy atom. The largest absolute Gasteiger partial charge is 0.395 e. The predicted octanol–water partition coefficient (Wildman–Crippen LogP) is 1.88. The van der Waals surface area contributed by atoms with Gasteiger partial charge in [0, 0.05) is 12.1 Å². The van der Waals surface area contributed by atoms with Crippen LogP contribution in [0.15, 0.2) is 0 Å². The third kappa shape index (κ3) is 4.20. The number of nitrogens with one attached hydrogen (secondary N) is 1. The van der Waals surface area contributed by atoms with E-state index in [1.807, 2.05) is 11.8 Å². The number of rotatable bonds is 6. The zero-order valence-corrected chi connectivity index (χ0v) is 10.1. The van der Waals surface area contributed by atoms with Gasteiger partial charge in [-0.15, -0.1) is 0 Å². The molecule has 0 aromatic rings. The molecule has 1 fully saturated rings. The van der Waals surface area contributed by atoms with E-state index < -0.39 is 0 Å². The highest BCUT2D eigenvalue weighted by Crippen LogP contribution is 2.25. The molecule has 0 aromatic heterocycles. The Hall–Kier alpha value is 0.270. The summed E-state index contributed by atoms with van der Waals surface area (Å²) < 4.78 is 0. The molecule has 3 heteroatoms. The van der Waals surface area contributed by atoms with Crippen molar-refractivity contribution in [2.45, 2.75) is 44.7 Å². The van der Waals surface area contributed by atoms with Crippen LogP contribution >= 0.6 is 11.8 Å². The topological polar surface area (TPSA) is 32.3 Å². The van der Waals surface area contributed by atoms with Crippen LogP contribution in [-0.2, 0) is 0 Å². The van der Waals surface area contributed by atoms with Gasteiger partial charge in [-0.3, -0.25) is 0 Å². The molecule has 1 saturated carbocycles. The van der Waals surface area contributed by atoms with Crippen LogP contribution in [0.3, 0.4) is 0 Å². The Morgan fingerprint density at radius 3 is 2.79 bits per heavy atom. The smallest absolute Gasteiger partial charge is 0.0585 e. The van der Waals surface area contributed by atoms with Gasteiger partial charge >= 0.3 is 0 Å². The third-order valence-electron chi connectivity index (χ3n) is 3.06. The van der Waals surface area contributed by atoms with Crippen LogP contribution in [0.25, 0.3) is 0 Å². The summed E-state index contributed by atoms with van der Waals surface area (Å²) in [6.07, 6.45) is 7.12. The maximum Gasteiger partial charge on any atom is 0.0585 e. The molecule has 1 aliphatic rings. The normalized spacial score (nSPS) is 29.4. The molecular weight excluding hydrogens is 194 g/mol. The first kappa shape index (κ1) is 12.3. The predicted molar refractivity (Wildman–Crippen MR) is 63.8 cm³/mol. The summed E-state index contributed by atoms with van der Waals surface area (Å²) in [5.41, 5.74) is 0. The summed E-state index contributed by atoms with van der Waals surface area (Å²) in [5, 5.41) is 12.8. The van der Waals surface area contributed by atoms with E-state index in [1.54, 1.807) is 0 Å². The lowest BCUT2D eigenvalue weighted by Gasteiger charge is -2.20. The minimum atomic E-state index is 0.283. The maximum absolute atomic E-state index is 9.21. The molecule has 0 amide bonds. The van der Waals surface area contributed by atoms with Crippen molar-refractivity contribution in [3.63, 3.8) is 0 Å². The zero-order valence-electron chi connectivity index (χ0n) is 9.33. The van der Waals surface area contributed by atoms with Crippen molar-refractivity contribution in [3.8, 4) is 0 Å². The van der Waals surface area contributed by atoms with Crippen LogP contribution in [0.1, 0.15) is 32.6 Å². The molecule has 3 atom stereocenters. The van der Waals surface area contributed by atoms with Crippen molar-refractivity contribution in [2.24, 2.45) is 5.92 Å². The van der Waals surface area contributed by atoms with E-state index in [0.717, 1.165) is 18.1 Å². The summed E-state index contributed by atoms with van der Waals surface area (Å²) in [7, 11) is 0. The van der Waals surface area contributed by atoms with Crippen LogP contribution in [0.2, 0.25) is 0 Å². The molecule has 2 nitrogen and oxygen atoms in total. The molecule has 3 unspecified atom stereocenters. The highest BCUT2D eigenvalue weighted by Gasteiger charge is 2.22. The Kier molecular flexibility index (Phi) is 5.90. The molecule has 0 spiro atoms. The average Bonchev–Trinajstić information content (AvgIpc) is 2.58. The zero-order chi connectivity index (χ0) is 10.4. The van der Waals surface area contributed by atoms with Crippen LogP contribution in [0.4, 0.5) is 0 Å². The fourth-order valence-corrected chi connectivity index (χ4v) is 2.70. The summed E-state index contributed by atoms with van der Waals surface area (Å²) in [4.78, 5) is 0. The van der Waals surface area contributed by atoms with E-state index in [1.165, 1.54) is 19.3 Å². The summed E-state index contributed by atoms with van der Waals surface area (Å²) >= 11 is 1.85. The number of thioether (sulfide) groups is 1. The van der Waals surface area contributed by atoms with E-state index in [2.05, 4.69) is 18.5 Å². The van der Waals surface area contributed by atoms with Crippen molar-refractivity contribution in [3.05, 3.63) is 0 Å². The average molecular weight is 217 g/mol. The molecule has 0 saturated heterocycles. The van der Waals surface area contributed by atoms with E-state index in [9.17, 15) is 5.11 Å². The van der Waals surface area contributed by atoms with E-state index in [0.29, 0.717) is 12.1 Å². The van der Waals surface area contributed by atoms with Crippen LogP contribution in [0.5, 0.6) is 0 Å². The van der Waals surface area contributed by atoms with Crippen LogP contribution in [-0.4, -0.2) is 35.8 Å². The van der Waals surface area contributed by atoms with Gasteiger partial charge in [0.2, 0.25) is 0 Å². The Labute approximate surface area is 91.9 Å². The van der Waals surface area contributed by atoms with Crippen molar-refractivity contribution in [2.75, 3.05) is 18.6 Å². The van der Waals surface area contributed by atoms with E-state index in [-0.39, 0.29) is 6.61 Å². The molecule has 84 valence electrons. The van der Waals surface area contributed by atoms with E-state index >= 15 is 0 Å². The second kappa shape index (κ2) is 6.70.